The lowest BCUT2D eigenvalue weighted by Crippen LogP contribution is -2.61. The first-order chi connectivity index (χ1) is 36.4. The van der Waals surface area contributed by atoms with E-state index in [1.165, 1.54) is 137 Å². The fraction of sp³-hybridized carbons (Fsp3) is 0.342. The largest absolute Gasteiger partial charge is 0.334 e. The summed E-state index contributed by atoms with van der Waals surface area (Å²) in [5.74, 6) is 0. The molecule has 2 unspecified atom stereocenters. The van der Waals surface area contributed by atoms with Crippen LogP contribution in [-0.2, 0) is 27.1 Å². The summed E-state index contributed by atoms with van der Waals surface area (Å²) in [5.41, 5.74) is 26.9. The molecule has 0 bridgehead atoms. The molecule has 1 saturated carbocycles. The molecule has 1 fully saturated rings. The molecular formula is C73H80BN3. The van der Waals surface area contributed by atoms with Crippen molar-refractivity contribution >= 4 is 68.6 Å². The van der Waals surface area contributed by atoms with Crippen LogP contribution in [-0.4, -0.2) is 12.3 Å². The zero-order valence-electron chi connectivity index (χ0n) is 48.8. The van der Waals surface area contributed by atoms with Crippen LogP contribution in [0, 0.1) is 6.92 Å². The predicted molar refractivity (Wildman–Crippen MR) is 334 cm³/mol. The highest BCUT2D eigenvalue weighted by Gasteiger charge is 2.58. The first kappa shape index (κ1) is 51.0. The Hall–Kier alpha value is -6.78. The third kappa shape index (κ3) is 8.12. The number of fused-ring (bicyclic) bond motifs is 7. The predicted octanol–water partition coefficient (Wildman–Crippen LogP) is 18.3. The topological polar surface area (TPSA) is 9.72 Å². The van der Waals surface area contributed by atoms with Crippen molar-refractivity contribution in [3.8, 4) is 22.3 Å². The molecule has 1 aliphatic carbocycles. The molecule has 8 aromatic carbocycles. The Morgan fingerprint density at radius 2 is 0.974 bits per heavy atom. The number of hydrogen-bond acceptors (Lipinski definition) is 3. The highest BCUT2D eigenvalue weighted by molar-refractivity contribution is 7.00. The summed E-state index contributed by atoms with van der Waals surface area (Å²) in [4.78, 5) is 8.10. The minimum atomic E-state index is -0.151. The van der Waals surface area contributed by atoms with Gasteiger partial charge in [-0.15, -0.1) is 0 Å². The number of hydrogen-bond donors (Lipinski definition) is 0. The molecule has 4 heteroatoms. The maximum Gasteiger partial charge on any atom is 0.252 e. The minimum Gasteiger partial charge on any atom is -0.334 e. The Kier molecular flexibility index (Phi) is 11.7. The Morgan fingerprint density at radius 3 is 1.64 bits per heavy atom. The van der Waals surface area contributed by atoms with Crippen LogP contribution in [0.25, 0.3) is 22.3 Å². The van der Waals surface area contributed by atoms with Crippen LogP contribution in [0.5, 0.6) is 0 Å². The van der Waals surface area contributed by atoms with Gasteiger partial charge in [-0.2, -0.15) is 0 Å². The monoisotopic (exact) mass is 1010 g/mol. The fourth-order valence-corrected chi connectivity index (χ4v) is 13.9. The molecule has 3 heterocycles. The van der Waals surface area contributed by atoms with E-state index in [4.69, 9.17) is 0 Å². The van der Waals surface area contributed by atoms with E-state index in [1.807, 2.05) is 0 Å². The molecule has 12 rings (SSSR count). The van der Waals surface area contributed by atoms with Gasteiger partial charge in [-0.05, 0) is 182 Å². The van der Waals surface area contributed by atoms with E-state index in [1.54, 1.807) is 0 Å². The van der Waals surface area contributed by atoms with E-state index in [9.17, 15) is 0 Å². The standard InChI is InChI=1S/C73H80BN3/c1-47-23-19-20-26-56(47)49-27-36-62-58(41-49)72(14)39-21-22-40-73(72,15)77(62)55-34-35-59-64(46-55)75(54-32-28-50(29-33-54)68(2,3)4)65-44-53(71(11,12)13)45-66-67(65)74(59)60-43-52(70(8,9)10)31-38-63(60)76(66)61-37-30-51(69(5,6)7)42-57(61)48-24-17-16-18-25-48/h16-20,23-38,41-46H,21-22,39-40H2,1-15H3. The zero-order valence-corrected chi connectivity index (χ0v) is 48.8. The summed E-state index contributed by atoms with van der Waals surface area (Å²) in [6, 6.07) is 64.4. The summed E-state index contributed by atoms with van der Waals surface area (Å²) in [6.07, 6.45) is 4.77. The third-order valence-electron chi connectivity index (χ3n) is 18.8. The third-order valence-corrected chi connectivity index (χ3v) is 18.8. The molecule has 0 amide bonds. The lowest BCUT2D eigenvalue weighted by Gasteiger charge is -2.51. The number of aryl methyl sites for hydroxylation is 1. The quantitative estimate of drug-likeness (QED) is 0.159. The van der Waals surface area contributed by atoms with Crippen LogP contribution in [0.3, 0.4) is 0 Å². The van der Waals surface area contributed by atoms with Crippen molar-refractivity contribution in [1.82, 2.24) is 0 Å². The second kappa shape index (κ2) is 17.6. The lowest BCUT2D eigenvalue weighted by molar-refractivity contribution is 0.195. The Bertz CT molecular complexity index is 3630. The zero-order chi connectivity index (χ0) is 54.4. The number of anilines is 8. The van der Waals surface area contributed by atoms with Gasteiger partial charge >= 0.3 is 0 Å². The van der Waals surface area contributed by atoms with Crippen molar-refractivity contribution in [3.63, 3.8) is 0 Å². The lowest BCUT2D eigenvalue weighted by atomic mass is 9.33. The first-order valence-corrected chi connectivity index (χ1v) is 28.8. The van der Waals surface area contributed by atoms with Crippen LogP contribution in [0.1, 0.15) is 156 Å². The highest BCUT2D eigenvalue weighted by atomic mass is 15.3. The van der Waals surface area contributed by atoms with Crippen molar-refractivity contribution in [3.05, 3.63) is 197 Å². The van der Waals surface area contributed by atoms with E-state index in [2.05, 4.69) is 282 Å². The normalized spacial score (nSPS) is 18.9. The van der Waals surface area contributed by atoms with E-state index in [0.717, 1.165) is 6.42 Å². The number of benzene rings is 8. The molecule has 3 aliphatic heterocycles. The summed E-state index contributed by atoms with van der Waals surface area (Å²) in [7, 11) is 0. The van der Waals surface area contributed by atoms with Crippen LogP contribution in [0.4, 0.5) is 45.5 Å². The molecule has 0 N–H and O–H groups in total. The van der Waals surface area contributed by atoms with E-state index in [-0.39, 0.29) is 39.3 Å². The first-order valence-electron chi connectivity index (χ1n) is 28.8. The summed E-state index contributed by atoms with van der Waals surface area (Å²) in [5, 5.41) is 0. The van der Waals surface area contributed by atoms with Gasteiger partial charge in [0.1, 0.15) is 0 Å². The molecular weight excluding hydrogens is 930 g/mol. The number of nitrogens with zero attached hydrogens (tertiary/aromatic N) is 3. The molecule has 0 spiro atoms. The number of rotatable bonds is 5. The second-order valence-corrected chi connectivity index (χ2v) is 27.9. The van der Waals surface area contributed by atoms with Gasteiger partial charge in [-0.1, -0.05) is 200 Å². The smallest absolute Gasteiger partial charge is 0.252 e. The average Bonchev–Trinajstić information content (AvgIpc) is 3.84. The molecule has 0 radical (unpaired) electrons. The minimum absolute atomic E-state index is 0.0141. The molecule has 2 atom stereocenters. The van der Waals surface area contributed by atoms with Crippen LogP contribution < -0.4 is 31.1 Å². The second-order valence-electron chi connectivity index (χ2n) is 27.9. The maximum atomic E-state index is 2.79. The van der Waals surface area contributed by atoms with Crippen molar-refractivity contribution in [1.29, 1.82) is 0 Å². The fourth-order valence-electron chi connectivity index (χ4n) is 13.9. The van der Waals surface area contributed by atoms with Crippen molar-refractivity contribution in [2.45, 2.75) is 162 Å². The van der Waals surface area contributed by atoms with Crippen molar-refractivity contribution in [2.24, 2.45) is 0 Å². The van der Waals surface area contributed by atoms with Gasteiger partial charge in [0.2, 0.25) is 0 Å². The average molecular weight is 1010 g/mol. The van der Waals surface area contributed by atoms with Gasteiger partial charge in [-0.25, -0.2) is 0 Å². The van der Waals surface area contributed by atoms with Gasteiger partial charge in [0.25, 0.3) is 6.71 Å². The summed E-state index contributed by atoms with van der Waals surface area (Å²) in [6.45, 7) is 35.6. The molecule has 390 valence electrons. The van der Waals surface area contributed by atoms with Gasteiger partial charge < -0.3 is 14.7 Å². The molecule has 0 aromatic heterocycles. The van der Waals surface area contributed by atoms with Crippen molar-refractivity contribution in [2.75, 3.05) is 14.7 Å². The summed E-state index contributed by atoms with van der Waals surface area (Å²) < 4.78 is 0. The Morgan fingerprint density at radius 1 is 0.403 bits per heavy atom. The Labute approximate surface area is 462 Å². The molecule has 3 nitrogen and oxygen atoms in total. The molecule has 0 saturated heterocycles. The van der Waals surface area contributed by atoms with Crippen molar-refractivity contribution < 1.29 is 0 Å². The van der Waals surface area contributed by atoms with Gasteiger partial charge in [0.15, 0.2) is 0 Å². The highest BCUT2D eigenvalue weighted by Crippen LogP contribution is 2.62. The van der Waals surface area contributed by atoms with Crippen LogP contribution in [0.2, 0.25) is 0 Å². The maximum absolute atomic E-state index is 2.79. The molecule has 4 aliphatic rings. The summed E-state index contributed by atoms with van der Waals surface area (Å²) >= 11 is 0. The van der Waals surface area contributed by atoms with E-state index < -0.39 is 0 Å². The van der Waals surface area contributed by atoms with E-state index >= 15 is 0 Å². The van der Waals surface area contributed by atoms with Crippen LogP contribution >= 0.6 is 0 Å². The Balaban J connectivity index is 1.16. The van der Waals surface area contributed by atoms with Crippen LogP contribution in [0.15, 0.2) is 164 Å². The molecule has 77 heavy (non-hydrogen) atoms. The molecule has 8 aromatic rings. The van der Waals surface area contributed by atoms with Gasteiger partial charge in [0.05, 0.1) is 11.2 Å². The SMILES string of the molecule is Cc1ccccc1-c1ccc2c(c1)C1(C)CCCCC1(C)N2c1ccc2c(c1)N(c1ccc(C(C)(C)C)cc1)c1cc(C(C)(C)C)cc3c1B2c1cc(C(C)(C)C)ccc1N3c1ccc(C(C)(C)C)cc1-c1ccccc1. The van der Waals surface area contributed by atoms with Gasteiger partial charge in [-0.3, -0.25) is 0 Å². The van der Waals surface area contributed by atoms with E-state index in [0.29, 0.717) is 0 Å². The van der Waals surface area contributed by atoms with Gasteiger partial charge in [0, 0.05) is 50.8 Å².